The van der Waals surface area contributed by atoms with Crippen molar-refractivity contribution in [3.8, 4) is 5.75 Å². The number of para-hydroxylation sites is 2. The van der Waals surface area contributed by atoms with E-state index in [0.717, 1.165) is 19.6 Å². The molecule has 226 valence electrons. The fraction of sp³-hybridized carbons (Fsp3) is 0.387. The van der Waals surface area contributed by atoms with Gasteiger partial charge in [-0.3, -0.25) is 4.90 Å². The van der Waals surface area contributed by atoms with Crippen LogP contribution in [0.15, 0.2) is 82.6 Å². The van der Waals surface area contributed by atoms with Crippen molar-refractivity contribution in [1.29, 1.82) is 0 Å². The van der Waals surface area contributed by atoms with Crippen LogP contribution in [0.2, 0.25) is 5.02 Å². The van der Waals surface area contributed by atoms with Crippen LogP contribution in [-0.2, 0) is 9.53 Å². The van der Waals surface area contributed by atoms with E-state index >= 15 is 0 Å². The minimum absolute atomic E-state index is 0. The average molecular weight is 643 g/mol. The third-order valence-corrected chi connectivity index (χ3v) is 7.77. The van der Waals surface area contributed by atoms with Crippen molar-refractivity contribution in [3.63, 3.8) is 0 Å². The van der Waals surface area contributed by atoms with Crippen molar-refractivity contribution in [2.24, 2.45) is 0 Å². The first kappa shape index (κ1) is 36.9. The zero-order valence-corrected chi connectivity index (χ0v) is 27.6. The molecule has 0 amide bonds. The van der Waals surface area contributed by atoms with Crippen LogP contribution < -0.4 is 9.64 Å². The van der Waals surface area contributed by atoms with Crippen LogP contribution in [0.5, 0.6) is 5.75 Å². The van der Waals surface area contributed by atoms with Gasteiger partial charge in [-0.2, -0.15) is 0 Å². The Balaban J connectivity index is 0.000000404. The van der Waals surface area contributed by atoms with Crippen LogP contribution in [0.25, 0.3) is 0 Å². The zero-order chi connectivity index (χ0) is 28.2. The normalized spacial score (nSPS) is 12.1. The van der Waals surface area contributed by atoms with Gasteiger partial charge in [0.15, 0.2) is 6.61 Å². The molecule has 0 aromatic heterocycles. The van der Waals surface area contributed by atoms with E-state index in [1.54, 1.807) is 24.3 Å². The standard InChI is InChI=1S/C19H24N2S.C12H16ClNO3.2ClH/c1-4-20(5-2)15(3)14-21-16-10-6-8-12-18(16)22-19-13-9-7-11-17(19)21;1-14(2)7-8-16-12(15)9-17-11-5-3-10(13)4-6-11;;/h6-13,15H,4-5,14H2,1-3H3;3-6H,7-9H2,1-2H3;2*1H. The van der Waals surface area contributed by atoms with E-state index in [1.165, 1.54) is 21.2 Å². The summed E-state index contributed by atoms with van der Waals surface area (Å²) in [5.41, 5.74) is 2.68. The van der Waals surface area contributed by atoms with Gasteiger partial charge in [-0.1, -0.05) is 61.5 Å². The Morgan fingerprint density at radius 2 is 1.44 bits per heavy atom. The Morgan fingerprint density at radius 3 is 1.95 bits per heavy atom. The maximum absolute atomic E-state index is 11.3. The van der Waals surface area contributed by atoms with Crippen LogP contribution in [0.3, 0.4) is 0 Å². The van der Waals surface area contributed by atoms with Crippen molar-refractivity contribution in [3.05, 3.63) is 77.8 Å². The molecular weight excluding hydrogens is 601 g/mol. The summed E-state index contributed by atoms with van der Waals surface area (Å²) in [5.74, 6) is 0.223. The molecule has 0 saturated carbocycles. The highest BCUT2D eigenvalue weighted by atomic mass is 35.5. The monoisotopic (exact) mass is 641 g/mol. The maximum atomic E-state index is 11.3. The van der Waals surface area contributed by atoms with Gasteiger partial charge in [-0.05, 0) is 82.6 Å². The summed E-state index contributed by atoms with van der Waals surface area (Å²) >= 11 is 7.60. The molecule has 0 aliphatic carbocycles. The van der Waals surface area contributed by atoms with Crippen LogP contribution in [-0.4, -0.2) is 75.3 Å². The van der Waals surface area contributed by atoms with Gasteiger partial charge in [0.05, 0.1) is 11.4 Å². The topological polar surface area (TPSA) is 45.2 Å². The smallest absolute Gasteiger partial charge is 0.344 e. The minimum atomic E-state index is -0.373. The average Bonchev–Trinajstić information content (AvgIpc) is 2.93. The third kappa shape index (κ3) is 11.6. The highest BCUT2D eigenvalue weighted by Crippen LogP contribution is 2.47. The van der Waals surface area contributed by atoms with Crippen molar-refractivity contribution in [2.75, 3.05) is 58.4 Å². The largest absolute Gasteiger partial charge is 0.482 e. The fourth-order valence-corrected chi connectivity index (χ4v) is 5.48. The molecule has 0 radical (unpaired) electrons. The first-order chi connectivity index (χ1) is 18.8. The molecule has 0 fully saturated rings. The molecular formula is C31H42Cl3N3O3S. The van der Waals surface area contributed by atoms with Crippen LogP contribution in [0.1, 0.15) is 20.8 Å². The molecule has 1 atom stereocenters. The molecule has 41 heavy (non-hydrogen) atoms. The van der Waals surface area contributed by atoms with Crippen molar-refractivity contribution in [1.82, 2.24) is 9.80 Å². The molecule has 6 nitrogen and oxygen atoms in total. The van der Waals surface area contributed by atoms with E-state index in [-0.39, 0.29) is 37.4 Å². The van der Waals surface area contributed by atoms with Crippen LogP contribution in [0, 0.1) is 0 Å². The summed E-state index contributed by atoms with van der Waals surface area (Å²) < 4.78 is 10.2. The molecule has 0 saturated heterocycles. The highest BCUT2D eigenvalue weighted by Gasteiger charge is 2.25. The van der Waals surface area contributed by atoms with Crippen molar-refractivity contribution < 1.29 is 14.3 Å². The molecule has 1 aliphatic heterocycles. The number of carbonyl (C=O) groups is 1. The van der Waals surface area contributed by atoms with Gasteiger partial charge in [0, 0.05) is 33.9 Å². The number of rotatable bonds is 11. The van der Waals surface area contributed by atoms with Gasteiger partial charge >= 0.3 is 5.97 Å². The number of fused-ring (bicyclic) bond motifs is 2. The van der Waals surface area contributed by atoms with Gasteiger partial charge in [-0.15, -0.1) is 24.8 Å². The number of benzene rings is 3. The van der Waals surface area contributed by atoms with Gasteiger partial charge in [0.2, 0.25) is 0 Å². The summed E-state index contributed by atoms with van der Waals surface area (Å²) in [6.07, 6.45) is 0. The predicted molar refractivity (Wildman–Crippen MR) is 177 cm³/mol. The summed E-state index contributed by atoms with van der Waals surface area (Å²) in [7, 11) is 3.83. The first-order valence-electron chi connectivity index (χ1n) is 13.4. The fourth-order valence-electron chi connectivity index (χ4n) is 4.26. The lowest BCUT2D eigenvalue weighted by Gasteiger charge is -2.37. The van der Waals surface area contributed by atoms with Crippen molar-refractivity contribution >= 4 is 65.5 Å². The van der Waals surface area contributed by atoms with E-state index in [0.29, 0.717) is 30.0 Å². The van der Waals surface area contributed by atoms with Gasteiger partial charge in [0.25, 0.3) is 0 Å². The Hall–Kier alpha value is -2.13. The summed E-state index contributed by atoms with van der Waals surface area (Å²) in [5, 5.41) is 0.630. The van der Waals surface area contributed by atoms with Crippen molar-refractivity contribution in [2.45, 2.75) is 36.6 Å². The Kier molecular flexibility index (Phi) is 17.2. The summed E-state index contributed by atoms with van der Waals surface area (Å²) in [4.78, 5) is 20.9. The van der Waals surface area contributed by atoms with E-state index in [1.807, 2.05) is 30.8 Å². The number of hydrogen-bond acceptors (Lipinski definition) is 7. The molecule has 0 spiro atoms. The number of halogens is 3. The van der Waals surface area contributed by atoms with E-state index in [2.05, 4.69) is 79.1 Å². The number of anilines is 2. The second-order valence-corrected chi connectivity index (χ2v) is 11.0. The lowest BCUT2D eigenvalue weighted by atomic mass is 10.1. The number of nitrogens with zero attached hydrogens (tertiary/aromatic N) is 3. The molecule has 3 aromatic carbocycles. The second kappa shape index (κ2) is 19.1. The van der Waals surface area contributed by atoms with E-state index < -0.39 is 0 Å². The van der Waals surface area contributed by atoms with Gasteiger partial charge in [0.1, 0.15) is 12.4 Å². The lowest BCUT2D eigenvalue weighted by Crippen LogP contribution is -2.41. The second-order valence-electron chi connectivity index (χ2n) is 9.48. The Bertz CT molecular complexity index is 1140. The quantitative estimate of drug-likeness (QED) is 0.199. The third-order valence-electron chi connectivity index (χ3n) is 6.39. The molecule has 1 unspecified atom stereocenters. The maximum Gasteiger partial charge on any atom is 0.344 e. The SMILES string of the molecule is CCN(CC)C(C)CN1c2ccccc2Sc2ccccc21.CN(C)CCOC(=O)COc1ccc(Cl)cc1.Cl.Cl. The number of likely N-dealkylation sites (N-methyl/N-ethyl adjacent to an activating group) is 2. The summed E-state index contributed by atoms with van der Waals surface area (Å²) in [6.45, 7) is 11.0. The number of esters is 1. The van der Waals surface area contributed by atoms with Gasteiger partial charge in [-0.25, -0.2) is 4.79 Å². The Labute approximate surface area is 267 Å². The van der Waals surface area contributed by atoms with Gasteiger partial charge < -0.3 is 19.3 Å². The Morgan fingerprint density at radius 1 is 0.902 bits per heavy atom. The number of hydrogen-bond donors (Lipinski definition) is 0. The molecule has 0 N–H and O–H groups in total. The molecule has 10 heteroatoms. The molecule has 3 aromatic rings. The summed E-state index contributed by atoms with van der Waals surface area (Å²) in [6, 6.07) is 24.8. The molecule has 1 heterocycles. The van der Waals surface area contributed by atoms with E-state index in [4.69, 9.17) is 21.1 Å². The lowest BCUT2D eigenvalue weighted by molar-refractivity contribution is -0.146. The number of carbonyl (C=O) groups excluding carboxylic acids is 1. The van der Waals surface area contributed by atoms with E-state index in [9.17, 15) is 4.79 Å². The first-order valence-corrected chi connectivity index (χ1v) is 14.6. The molecule has 4 rings (SSSR count). The highest BCUT2D eigenvalue weighted by molar-refractivity contribution is 7.99. The zero-order valence-electron chi connectivity index (χ0n) is 24.4. The van der Waals surface area contributed by atoms with Crippen LogP contribution in [0.4, 0.5) is 11.4 Å². The van der Waals surface area contributed by atoms with Crippen LogP contribution >= 0.6 is 48.2 Å². The molecule has 0 bridgehead atoms. The molecule has 1 aliphatic rings. The predicted octanol–water partition coefficient (Wildman–Crippen LogP) is 7.69. The minimum Gasteiger partial charge on any atom is -0.482 e. The number of ether oxygens (including phenoxy) is 2.